The molecule has 1 saturated carbocycles. The summed E-state index contributed by atoms with van der Waals surface area (Å²) in [5.41, 5.74) is 2.02. The van der Waals surface area contributed by atoms with Crippen LogP contribution in [-0.2, 0) is 9.53 Å². The highest BCUT2D eigenvalue weighted by Crippen LogP contribution is 2.40. The number of anilines is 1. The number of benzene rings is 2. The van der Waals surface area contributed by atoms with Crippen LogP contribution in [0, 0.1) is 11.8 Å². The zero-order valence-electron chi connectivity index (χ0n) is 16.5. The maximum absolute atomic E-state index is 13.4. The molecule has 3 aromatic rings. The molecule has 29 heavy (non-hydrogen) atoms. The Labute approximate surface area is 168 Å². The minimum Gasteiger partial charge on any atom is -0.508 e. The van der Waals surface area contributed by atoms with E-state index in [0.29, 0.717) is 28.3 Å². The molecule has 2 aromatic carbocycles. The summed E-state index contributed by atoms with van der Waals surface area (Å²) in [6, 6.07) is 8.33. The third-order valence-corrected chi connectivity index (χ3v) is 6.29. The van der Waals surface area contributed by atoms with Gasteiger partial charge in [0.2, 0.25) is 5.91 Å². The fourth-order valence-corrected chi connectivity index (χ4v) is 4.63. The predicted octanol–water partition coefficient (Wildman–Crippen LogP) is 4.97. The van der Waals surface area contributed by atoms with Gasteiger partial charge in [-0.05, 0) is 68.9 Å². The van der Waals surface area contributed by atoms with Crippen molar-refractivity contribution in [3.8, 4) is 5.75 Å². The predicted molar refractivity (Wildman–Crippen MR) is 109 cm³/mol. The van der Waals surface area contributed by atoms with Crippen molar-refractivity contribution in [1.29, 1.82) is 0 Å². The molecule has 0 spiro atoms. The number of nitrogens with zero attached hydrogens (tertiary/aromatic N) is 1. The SMILES string of the molecule is CC1CCC(C(=O)N2c3cc4c(cc3C(=O)OC2C)oc2ccc(O)cc24)CC1. The molecule has 0 radical (unpaired) electrons. The van der Waals surface area contributed by atoms with Gasteiger partial charge < -0.3 is 14.3 Å². The Kier molecular flexibility index (Phi) is 4.05. The van der Waals surface area contributed by atoms with Gasteiger partial charge in [0, 0.05) is 16.7 Å². The van der Waals surface area contributed by atoms with Crippen molar-refractivity contribution in [3.05, 3.63) is 35.9 Å². The molecule has 1 aromatic heterocycles. The lowest BCUT2D eigenvalue weighted by molar-refractivity contribution is -0.125. The summed E-state index contributed by atoms with van der Waals surface area (Å²) in [6.07, 6.45) is 3.13. The molecule has 1 amide bonds. The quantitative estimate of drug-likeness (QED) is 0.591. The summed E-state index contributed by atoms with van der Waals surface area (Å²) in [5, 5.41) is 11.4. The second kappa shape index (κ2) is 6.51. The number of phenols is 1. The van der Waals surface area contributed by atoms with E-state index in [0.717, 1.165) is 36.5 Å². The van der Waals surface area contributed by atoms with Crippen LogP contribution < -0.4 is 4.90 Å². The van der Waals surface area contributed by atoms with Crippen LogP contribution in [0.15, 0.2) is 34.7 Å². The molecule has 0 saturated heterocycles. The lowest BCUT2D eigenvalue weighted by Gasteiger charge is -2.37. The van der Waals surface area contributed by atoms with Gasteiger partial charge in [0.25, 0.3) is 0 Å². The number of phenolic OH excluding ortho intramolecular Hbond substituents is 1. The molecule has 1 unspecified atom stereocenters. The van der Waals surface area contributed by atoms with Gasteiger partial charge in [-0.25, -0.2) is 4.79 Å². The standard InChI is InChI=1S/C23H23NO5/c1-12-3-5-14(6-4-12)22(26)24-13(2)28-23(27)18-11-21-17(10-19(18)24)16-9-15(25)7-8-20(16)29-21/h7-14,25H,3-6H2,1-2H3. The number of carbonyl (C=O) groups excluding carboxylic acids is 2. The van der Waals surface area contributed by atoms with E-state index in [-0.39, 0.29) is 17.6 Å². The van der Waals surface area contributed by atoms with Crippen molar-refractivity contribution in [2.45, 2.75) is 45.8 Å². The average molecular weight is 393 g/mol. The van der Waals surface area contributed by atoms with Crippen LogP contribution in [0.3, 0.4) is 0 Å². The number of cyclic esters (lactones) is 1. The van der Waals surface area contributed by atoms with Crippen LogP contribution in [0.5, 0.6) is 5.75 Å². The van der Waals surface area contributed by atoms with E-state index in [2.05, 4.69) is 6.92 Å². The first-order valence-electron chi connectivity index (χ1n) is 10.2. The molecule has 5 rings (SSSR count). The van der Waals surface area contributed by atoms with Crippen LogP contribution in [0.4, 0.5) is 5.69 Å². The highest BCUT2D eigenvalue weighted by atomic mass is 16.6. The van der Waals surface area contributed by atoms with E-state index in [4.69, 9.17) is 9.15 Å². The van der Waals surface area contributed by atoms with E-state index >= 15 is 0 Å². The molecule has 0 bridgehead atoms. The Morgan fingerprint density at radius 1 is 1.03 bits per heavy atom. The Morgan fingerprint density at radius 3 is 2.52 bits per heavy atom. The lowest BCUT2D eigenvalue weighted by Crippen LogP contribution is -2.48. The second-order valence-electron chi connectivity index (χ2n) is 8.32. The van der Waals surface area contributed by atoms with Crippen LogP contribution >= 0.6 is 0 Å². The minimum atomic E-state index is -0.661. The maximum Gasteiger partial charge on any atom is 0.342 e. The monoisotopic (exact) mass is 393 g/mol. The number of carbonyl (C=O) groups is 2. The van der Waals surface area contributed by atoms with Gasteiger partial charge in [-0.3, -0.25) is 9.69 Å². The highest BCUT2D eigenvalue weighted by molar-refractivity contribution is 6.13. The van der Waals surface area contributed by atoms with Crippen molar-refractivity contribution in [2.75, 3.05) is 4.90 Å². The van der Waals surface area contributed by atoms with Crippen molar-refractivity contribution >= 4 is 39.5 Å². The Bertz CT molecular complexity index is 1140. The van der Waals surface area contributed by atoms with Gasteiger partial charge in [0.1, 0.15) is 16.9 Å². The lowest BCUT2D eigenvalue weighted by atomic mass is 9.82. The largest absolute Gasteiger partial charge is 0.508 e. The number of esters is 1. The number of hydrogen-bond acceptors (Lipinski definition) is 5. The normalized spacial score (nSPS) is 24.6. The molecule has 1 fully saturated rings. The highest BCUT2D eigenvalue weighted by Gasteiger charge is 2.38. The summed E-state index contributed by atoms with van der Waals surface area (Å²) in [5.74, 6) is 0.272. The maximum atomic E-state index is 13.4. The second-order valence-corrected chi connectivity index (χ2v) is 8.32. The number of ether oxygens (including phenoxy) is 1. The van der Waals surface area contributed by atoms with Crippen LogP contribution in [0.2, 0.25) is 0 Å². The van der Waals surface area contributed by atoms with E-state index in [1.165, 1.54) is 0 Å². The summed E-state index contributed by atoms with van der Waals surface area (Å²) in [7, 11) is 0. The van der Waals surface area contributed by atoms with Gasteiger partial charge in [-0.15, -0.1) is 0 Å². The first-order valence-corrected chi connectivity index (χ1v) is 10.2. The molecule has 1 aliphatic heterocycles. The topological polar surface area (TPSA) is 80.0 Å². The Hall–Kier alpha value is -3.02. The number of aromatic hydroxyl groups is 1. The molecule has 6 heteroatoms. The average Bonchev–Trinajstić information content (AvgIpc) is 3.04. The fraction of sp³-hybridized carbons (Fsp3) is 0.391. The van der Waals surface area contributed by atoms with E-state index in [1.807, 2.05) is 6.07 Å². The number of rotatable bonds is 1. The molecular weight excluding hydrogens is 370 g/mol. The van der Waals surface area contributed by atoms with Gasteiger partial charge in [0.15, 0.2) is 6.23 Å². The number of furan rings is 1. The molecule has 2 heterocycles. The number of amides is 1. The van der Waals surface area contributed by atoms with Crippen molar-refractivity contribution in [3.63, 3.8) is 0 Å². The summed E-state index contributed by atoms with van der Waals surface area (Å²) in [6.45, 7) is 3.95. The smallest absolute Gasteiger partial charge is 0.342 e. The Morgan fingerprint density at radius 2 is 1.76 bits per heavy atom. The minimum absolute atomic E-state index is 0.00754. The molecular formula is C23H23NO5. The fourth-order valence-electron chi connectivity index (χ4n) is 4.63. The molecule has 1 atom stereocenters. The number of fused-ring (bicyclic) bond motifs is 4. The van der Waals surface area contributed by atoms with Crippen LogP contribution in [0.25, 0.3) is 21.9 Å². The van der Waals surface area contributed by atoms with Gasteiger partial charge in [-0.2, -0.15) is 0 Å². The first-order chi connectivity index (χ1) is 13.9. The van der Waals surface area contributed by atoms with Gasteiger partial charge in [0.05, 0.1) is 11.3 Å². The third-order valence-electron chi connectivity index (χ3n) is 6.29. The molecule has 6 nitrogen and oxygen atoms in total. The summed E-state index contributed by atoms with van der Waals surface area (Å²) >= 11 is 0. The Balaban J connectivity index is 1.65. The van der Waals surface area contributed by atoms with E-state index in [9.17, 15) is 14.7 Å². The molecule has 1 N–H and O–H groups in total. The van der Waals surface area contributed by atoms with Crippen LogP contribution in [0.1, 0.15) is 49.9 Å². The molecule has 2 aliphatic rings. The van der Waals surface area contributed by atoms with E-state index in [1.54, 1.807) is 36.1 Å². The summed E-state index contributed by atoms with van der Waals surface area (Å²) in [4.78, 5) is 27.6. The zero-order valence-corrected chi connectivity index (χ0v) is 16.5. The van der Waals surface area contributed by atoms with Crippen LogP contribution in [-0.4, -0.2) is 23.2 Å². The summed E-state index contributed by atoms with van der Waals surface area (Å²) < 4.78 is 11.3. The van der Waals surface area contributed by atoms with Crippen molar-refractivity contribution < 1.29 is 23.8 Å². The van der Waals surface area contributed by atoms with E-state index < -0.39 is 12.2 Å². The third kappa shape index (κ3) is 2.85. The van der Waals surface area contributed by atoms with Crippen molar-refractivity contribution in [2.24, 2.45) is 11.8 Å². The van der Waals surface area contributed by atoms with Gasteiger partial charge in [-0.1, -0.05) is 6.92 Å². The molecule has 1 aliphatic carbocycles. The van der Waals surface area contributed by atoms with Crippen molar-refractivity contribution in [1.82, 2.24) is 0 Å². The zero-order chi connectivity index (χ0) is 20.3. The molecule has 150 valence electrons. The number of hydrogen-bond donors (Lipinski definition) is 1. The van der Waals surface area contributed by atoms with Gasteiger partial charge >= 0.3 is 5.97 Å². The first kappa shape index (κ1) is 18.0.